The highest BCUT2D eigenvalue weighted by atomic mass is 32.2. The molecule has 0 aromatic heterocycles. The van der Waals surface area contributed by atoms with Gasteiger partial charge in [0, 0.05) is 29.1 Å². The van der Waals surface area contributed by atoms with Gasteiger partial charge in [0.1, 0.15) is 5.75 Å². The third kappa shape index (κ3) is 5.58. The maximum absolute atomic E-state index is 12.7. The summed E-state index contributed by atoms with van der Waals surface area (Å²) in [7, 11) is -3.95. The first kappa shape index (κ1) is 21.8. The van der Waals surface area contributed by atoms with E-state index < -0.39 is 20.9 Å². The van der Waals surface area contributed by atoms with Crippen LogP contribution in [0.15, 0.2) is 77.7 Å². The number of rotatable bonds is 8. The zero-order chi connectivity index (χ0) is 22.4. The number of carbonyl (C=O) groups is 1. The zero-order valence-corrected chi connectivity index (χ0v) is 17.3. The summed E-state index contributed by atoms with van der Waals surface area (Å²) >= 11 is 0. The van der Waals surface area contributed by atoms with Crippen molar-refractivity contribution in [2.75, 3.05) is 16.6 Å². The maximum atomic E-state index is 12.7. The highest BCUT2D eigenvalue weighted by Crippen LogP contribution is 2.21. The molecule has 0 fully saturated rings. The minimum absolute atomic E-state index is 0.0843. The normalized spacial score (nSPS) is 10.9. The molecule has 31 heavy (non-hydrogen) atoms. The summed E-state index contributed by atoms with van der Waals surface area (Å²) in [5.74, 6) is 0.0175. The van der Waals surface area contributed by atoms with Crippen molar-refractivity contribution >= 4 is 33.0 Å². The van der Waals surface area contributed by atoms with Crippen LogP contribution in [0.2, 0.25) is 0 Å². The van der Waals surface area contributed by atoms with Gasteiger partial charge in [0.05, 0.1) is 16.4 Å². The highest BCUT2D eigenvalue weighted by molar-refractivity contribution is 7.92. The van der Waals surface area contributed by atoms with E-state index >= 15 is 0 Å². The first-order valence-corrected chi connectivity index (χ1v) is 10.7. The number of nitrogens with one attached hydrogen (secondary N) is 2. The SMILES string of the molecule is CCOc1ccc(NS(=O)(=O)c2cccc(C(=O)Nc3cccc([N+](=O)[O-])c3)c2)cc1. The van der Waals surface area contributed by atoms with Gasteiger partial charge in [-0.1, -0.05) is 12.1 Å². The largest absolute Gasteiger partial charge is 0.494 e. The average Bonchev–Trinajstić information content (AvgIpc) is 2.75. The number of nitro groups is 1. The second kappa shape index (κ2) is 9.26. The molecule has 0 aliphatic rings. The number of carbonyl (C=O) groups excluding carboxylic acids is 1. The van der Waals surface area contributed by atoms with Crippen LogP contribution in [0.25, 0.3) is 0 Å². The summed E-state index contributed by atoms with van der Waals surface area (Å²) in [6.07, 6.45) is 0. The van der Waals surface area contributed by atoms with E-state index in [9.17, 15) is 23.3 Å². The first-order chi connectivity index (χ1) is 14.8. The number of ether oxygens (including phenoxy) is 1. The molecule has 3 aromatic rings. The summed E-state index contributed by atoms with van der Waals surface area (Å²) in [6.45, 7) is 2.34. The number of nitro benzene ring substituents is 1. The maximum Gasteiger partial charge on any atom is 0.271 e. The van der Waals surface area contributed by atoms with E-state index in [0.717, 1.165) is 0 Å². The van der Waals surface area contributed by atoms with E-state index in [2.05, 4.69) is 10.0 Å². The smallest absolute Gasteiger partial charge is 0.271 e. The van der Waals surface area contributed by atoms with Gasteiger partial charge < -0.3 is 10.1 Å². The van der Waals surface area contributed by atoms with Crippen LogP contribution in [0.1, 0.15) is 17.3 Å². The second-order valence-corrected chi connectivity index (χ2v) is 8.03. The minimum atomic E-state index is -3.95. The van der Waals surface area contributed by atoms with Crippen molar-refractivity contribution in [1.82, 2.24) is 0 Å². The minimum Gasteiger partial charge on any atom is -0.494 e. The predicted octanol–water partition coefficient (Wildman–Crippen LogP) is 4.05. The Balaban J connectivity index is 1.77. The summed E-state index contributed by atoms with van der Waals surface area (Å²) in [4.78, 5) is 22.7. The lowest BCUT2D eigenvalue weighted by atomic mass is 10.2. The fraction of sp³-hybridized carbons (Fsp3) is 0.0952. The molecular weight excluding hydrogens is 422 g/mol. The Morgan fingerprint density at radius 2 is 1.71 bits per heavy atom. The number of hydrogen-bond donors (Lipinski definition) is 2. The molecule has 0 radical (unpaired) electrons. The van der Waals surface area contributed by atoms with Crippen LogP contribution >= 0.6 is 0 Å². The van der Waals surface area contributed by atoms with Crippen LogP contribution in [-0.2, 0) is 10.0 Å². The highest BCUT2D eigenvalue weighted by Gasteiger charge is 2.17. The Kier molecular flexibility index (Phi) is 6.51. The van der Waals surface area contributed by atoms with Gasteiger partial charge in [-0.3, -0.25) is 19.6 Å². The number of sulfonamides is 1. The number of anilines is 2. The van der Waals surface area contributed by atoms with Gasteiger partial charge in [-0.2, -0.15) is 0 Å². The molecular formula is C21H19N3O6S. The van der Waals surface area contributed by atoms with Gasteiger partial charge in [-0.05, 0) is 55.5 Å². The molecule has 0 saturated heterocycles. The third-order valence-electron chi connectivity index (χ3n) is 4.14. The van der Waals surface area contributed by atoms with Crippen molar-refractivity contribution in [3.8, 4) is 5.75 Å². The van der Waals surface area contributed by atoms with Crippen LogP contribution < -0.4 is 14.8 Å². The Bertz CT molecular complexity index is 1210. The van der Waals surface area contributed by atoms with Gasteiger partial charge in [-0.15, -0.1) is 0 Å². The van der Waals surface area contributed by atoms with Gasteiger partial charge in [0.15, 0.2) is 0 Å². The quantitative estimate of drug-likeness (QED) is 0.401. The predicted molar refractivity (Wildman–Crippen MR) is 116 cm³/mol. The van der Waals surface area contributed by atoms with Crippen LogP contribution in [0.5, 0.6) is 5.75 Å². The Hall–Kier alpha value is -3.92. The zero-order valence-electron chi connectivity index (χ0n) is 16.4. The standard InChI is InChI=1S/C21H19N3O6S/c1-2-30-19-11-9-16(10-12-19)23-31(28,29)20-8-3-5-15(13-20)21(25)22-17-6-4-7-18(14-17)24(26)27/h3-14,23H,2H2,1H3,(H,22,25). The molecule has 0 bridgehead atoms. The van der Waals surface area contributed by atoms with Crippen molar-refractivity contribution in [2.24, 2.45) is 0 Å². The van der Waals surface area contributed by atoms with Crippen LogP contribution in [0.4, 0.5) is 17.1 Å². The van der Waals surface area contributed by atoms with Crippen molar-refractivity contribution in [1.29, 1.82) is 0 Å². The Labute approximate surface area is 178 Å². The average molecular weight is 441 g/mol. The molecule has 0 atom stereocenters. The molecule has 0 spiro atoms. The lowest BCUT2D eigenvalue weighted by Crippen LogP contribution is -2.16. The van der Waals surface area contributed by atoms with Crippen LogP contribution in [0.3, 0.4) is 0 Å². The molecule has 3 rings (SSSR count). The van der Waals surface area contributed by atoms with Crippen LogP contribution in [-0.4, -0.2) is 25.9 Å². The number of nitrogens with zero attached hydrogens (tertiary/aromatic N) is 1. The number of amides is 1. The molecule has 3 aromatic carbocycles. The fourth-order valence-corrected chi connectivity index (χ4v) is 3.81. The fourth-order valence-electron chi connectivity index (χ4n) is 2.70. The van der Waals surface area contributed by atoms with Crippen LogP contribution in [0, 0.1) is 10.1 Å². The van der Waals surface area contributed by atoms with E-state index in [4.69, 9.17) is 4.74 Å². The van der Waals surface area contributed by atoms with Crippen molar-refractivity contribution in [2.45, 2.75) is 11.8 Å². The molecule has 0 unspecified atom stereocenters. The Morgan fingerprint density at radius 3 is 2.39 bits per heavy atom. The van der Waals surface area contributed by atoms with Crippen molar-refractivity contribution in [3.05, 3.63) is 88.5 Å². The first-order valence-electron chi connectivity index (χ1n) is 9.20. The van der Waals surface area contributed by atoms with Gasteiger partial charge in [0.2, 0.25) is 0 Å². The molecule has 0 aliphatic heterocycles. The molecule has 160 valence electrons. The monoisotopic (exact) mass is 441 g/mol. The van der Waals surface area contributed by atoms with Crippen molar-refractivity contribution < 1.29 is 22.9 Å². The number of non-ortho nitro benzene ring substituents is 1. The van der Waals surface area contributed by atoms with Gasteiger partial charge in [0.25, 0.3) is 21.6 Å². The van der Waals surface area contributed by atoms with E-state index in [1.54, 1.807) is 24.3 Å². The summed E-state index contributed by atoms with van der Waals surface area (Å²) in [6, 6.07) is 17.4. The molecule has 1 amide bonds. The van der Waals surface area contributed by atoms with E-state index in [-0.39, 0.29) is 21.8 Å². The van der Waals surface area contributed by atoms with E-state index in [0.29, 0.717) is 18.0 Å². The lowest BCUT2D eigenvalue weighted by Gasteiger charge is -2.11. The molecule has 0 aliphatic carbocycles. The summed E-state index contributed by atoms with van der Waals surface area (Å²) < 4.78 is 33.2. The number of benzene rings is 3. The van der Waals surface area contributed by atoms with E-state index in [1.165, 1.54) is 48.5 Å². The second-order valence-electron chi connectivity index (χ2n) is 6.35. The molecule has 0 heterocycles. The molecule has 2 N–H and O–H groups in total. The summed E-state index contributed by atoms with van der Waals surface area (Å²) in [5.41, 5.74) is 0.477. The molecule has 0 saturated carbocycles. The van der Waals surface area contributed by atoms with Gasteiger partial charge >= 0.3 is 0 Å². The Morgan fingerprint density at radius 1 is 1.00 bits per heavy atom. The van der Waals surface area contributed by atoms with Gasteiger partial charge in [-0.25, -0.2) is 8.42 Å². The third-order valence-corrected chi connectivity index (χ3v) is 5.52. The van der Waals surface area contributed by atoms with Crippen molar-refractivity contribution in [3.63, 3.8) is 0 Å². The number of hydrogen-bond acceptors (Lipinski definition) is 6. The topological polar surface area (TPSA) is 128 Å². The summed E-state index contributed by atoms with van der Waals surface area (Å²) in [5, 5.41) is 13.4. The molecule has 9 nitrogen and oxygen atoms in total. The lowest BCUT2D eigenvalue weighted by molar-refractivity contribution is -0.384. The van der Waals surface area contributed by atoms with E-state index in [1.807, 2.05) is 6.92 Å². The molecule has 10 heteroatoms.